The number of nitrogens with one attached hydrogen (secondary N) is 1. The van der Waals surface area contributed by atoms with Crippen molar-refractivity contribution in [2.24, 2.45) is 19.2 Å². The van der Waals surface area contributed by atoms with Gasteiger partial charge < -0.3 is 5.32 Å². The molecule has 1 aromatic heterocycles. The van der Waals surface area contributed by atoms with Gasteiger partial charge in [-0.1, -0.05) is 0 Å². The van der Waals surface area contributed by atoms with Crippen LogP contribution in [-0.2, 0) is 24.1 Å². The Bertz CT molecular complexity index is 644. The number of rotatable bonds is 5. The zero-order chi connectivity index (χ0) is 13.9. The van der Waals surface area contributed by atoms with Crippen LogP contribution >= 0.6 is 0 Å². The molecule has 0 spiro atoms. The molecule has 3 N–H and O–H groups in total. The summed E-state index contributed by atoms with van der Waals surface area (Å²) in [4.78, 5) is 23.0. The van der Waals surface area contributed by atoms with Gasteiger partial charge in [0.25, 0.3) is 5.56 Å². The predicted octanol–water partition coefficient (Wildman–Crippen LogP) is -2.43. The molecule has 0 aromatic carbocycles. The van der Waals surface area contributed by atoms with Gasteiger partial charge >= 0.3 is 5.69 Å². The summed E-state index contributed by atoms with van der Waals surface area (Å²) in [6.07, 6.45) is 0.243. The molecule has 1 aromatic rings. The molecule has 102 valence electrons. The van der Waals surface area contributed by atoms with Crippen molar-refractivity contribution in [3.8, 4) is 0 Å². The molecule has 0 aliphatic carbocycles. The van der Waals surface area contributed by atoms with Gasteiger partial charge in [-0.05, 0) is 6.42 Å². The maximum absolute atomic E-state index is 11.6. The number of nitrogens with zero attached hydrogens (tertiary/aromatic N) is 3. The van der Waals surface area contributed by atoms with Crippen molar-refractivity contribution in [3.05, 3.63) is 20.8 Å². The molecule has 0 saturated heterocycles. The van der Waals surface area contributed by atoms with Crippen molar-refractivity contribution in [1.82, 2.24) is 14.3 Å². The molecule has 0 saturated carbocycles. The number of anilines is 1. The minimum atomic E-state index is -3.51. The van der Waals surface area contributed by atoms with Crippen LogP contribution in [0.5, 0.6) is 0 Å². The van der Waals surface area contributed by atoms with Crippen LogP contribution < -0.4 is 21.7 Å². The first-order chi connectivity index (χ1) is 8.22. The summed E-state index contributed by atoms with van der Waals surface area (Å²) in [6.45, 7) is 0.219. The lowest BCUT2D eigenvalue weighted by atomic mass is 10.5. The van der Waals surface area contributed by atoms with Gasteiger partial charge in [0.2, 0.25) is 15.8 Å². The molecule has 0 unspecified atom stereocenters. The summed E-state index contributed by atoms with van der Waals surface area (Å²) in [5.41, 5.74) is -1.09. The minimum Gasteiger partial charge on any atom is -0.364 e. The molecule has 10 heteroatoms. The van der Waals surface area contributed by atoms with Crippen LogP contribution in [0, 0.1) is 0 Å². The number of hydrogen-bond donors (Lipinski definition) is 2. The Morgan fingerprint density at radius 1 is 1.33 bits per heavy atom. The van der Waals surface area contributed by atoms with Crippen molar-refractivity contribution in [1.29, 1.82) is 0 Å². The molecular formula is C8H15N5O4S. The Morgan fingerprint density at radius 2 is 1.94 bits per heavy atom. The molecule has 0 amide bonds. The fourth-order valence-electron chi connectivity index (χ4n) is 1.29. The van der Waals surface area contributed by atoms with Crippen LogP contribution in [0.25, 0.3) is 0 Å². The summed E-state index contributed by atoms with van der Waals surface area (Å²) in [5, 5.41) is 11.2. The summed E-state index contributed by atoms with van der Waals surface area (Å²) in [5.74, 6) is -0.194. The largest absolute Gasteiger partial charge is 0.364 e. The van der Waals surface area contributed by atoms with Crippen LogP contribution in [0.4, 0.5) is 5.82 Å². The summed E-state index contributed by atoms with van der Waals surface area (Å²) < 4.78 is 23.3. The number of aromatic nitrogens is 3. The van der Waals surface area contributed by atoms with E-state index in [0.717, 1.165) is 9.25 Å². The van der Waals surface area contributed by atoms with Gasteiger partial charge in [-0.3, -0.25) is 9.36 Å². The van der Waals surface area contributed by atoms with E-state index >= 15 is 0 Å². The smallest absolute Gasteiger partial charge is 0.346 e. The van der Waals surface area contributed by atoms with Gasteiger partial charge in [0.15, 0.2) is 0 Å². The van der Waals surface area contributed by atoms with Crippen LogP contribution in [-0.4, -0.2) is 35.1 Å². The molecule has 0 aliphatic heterocycles. The fraction of sp³-hybridized carbons (Fsp3) is 0.625. The van der Waals surface area contributed by atoms with Crippen molar-refractivity contribution >= 4 is 15.8 Å². The molecule has 0 atom stereocenters. The third-order valence-corrected chi connectivity index (χ3v) is 3.08. The van der Waals surface area contributed by atoms with Gasteiger partial charge in [0.05, 0.1) is 5.75 Å². The molecule has 1 heterocycles. The molecule has 1 rings (SSSR count). The van der Waals surface area contributed by atoms with Gasteiger partial charge in [0.1, 0.15) is 0 Å². The van der Waals surface area contributed by atoms with Gasteiger partial charge in [-0.2, -0.15) is 0 Å². The average Bonchev–Trinajstić information content (AvgIpc) is 2.26. The first kappa shape index (κ1) is 14.4. The van der Waals surface area contributed by atoms with Crippen LogP contribution in [0.1, 0.15) is 6.42 Å². The minimum absolute atomic E-state index is 0.00554. The molecule has 0 aliphatic rings. The quantitative estimate of drug-likeness (QED) is 0.576. The highest BCUT2D eigenvalue weighted by Crippen LogP contribution is 1.91. The third-order valence-electron chi connectivity index (χ3n) is 2.22. The number of hydrogen-bond acceptors (Lipinski definition) is 6. The number of aryl methyl sites for hydroxylation is 1. The highest BCUT2D eigenvalue weighted by molar-refractivity contribution is 7.89. The first-order valence-electron chi connectivity index (χ1n) is 5.11. The van der Waals surface area contributed by atoms with Crippen LogP contribution in [0.15, 0.2) is 9.59 Å². The summed E-state index contributed by atoms with van der Waals surface area (Å²) in [7, 11) is -0.762. The third kappa shape index (κ3) is 3.67. The molecule has 0 radical (unpaired) electrons. The normalized spacial score (nSPS) is 11.5. The Morgan fingerprint density at radius 3 is 2.50 bits per heavy atom. The standard InChI is InChI=1S/C8H15N5O4S/c1-12-7(14)6(11-13(2)8(12)15)10-4-3-5-18(9,16)17/h3-5H2,1-2H3,(H,10,11)(H2,9,16,17). The van der Waals surface area contributed by atoms with E-state index < -0.39 is 21.3 Å². The predicted molar refractivity (Wildman–Crippen MR) is 65.8 cm³/mol. The molecule has 0 fully saturated rings. The number of primary sulfonamides is 1. The Hall–Kier alpha value is -1.68. The van der Waals surface area contributed by atoms with Crippen molar-refractivity contribution < 1.29 is 8.42 Å². The van der Waals surface area contributed by atoms with Crippen molar-refractivity contribution in [2.45, 2.75) is 6.42 Å². The maximum atomic E-state index is 11.6. The second-order valence-electron chi connectivity index (χ2n) is 3.77. The topological polar surface area (TPSA) is 129 Å². The van der Waals surface area contributed by atoms with Crippen molar-refractivity contribution in [3.63, 3.8) is 0 Å². The molecule has 18 heavy (non-hydrogen) atoms. The van der Waals surface area contributed by atoms with Crippen LogP contribution in [0.2, 0.25) is 0 Å². The lowest BCUT2D eigenvalue weighted by molar-refractivity contribution is 0.594. The van der Waals surface area contributed by atoms with E-state index in [9.17, 15) is 18.0 Å². The lowest BCUT2D eigenvalue weighted by Crippen LogP contribution is -2.40. The maximum Gasteiger partial charge on any atom is 0.346 e. The van der Waals surface area contributed by atoms with E-state index in [0.29, 0.717) is 0 Å². The van der Waals surface area contributed by atoms with Crippen molar-refractivity contribution in [2.75, 3.05) is 17.6 Å². The van der Waals surface area contributed by atoms with E-state index in [-0.39, 0.29) is 24.5 Å². The Labute approximate surface area is 103 Å². The fourth-order valence-corrected chi connectivity index (χ4v) is 1.84. The van der Waals surface area contributed by atoms with E-state index in [1.54, 1.807) is 0 Å². The number of nitrogens with two attached hydrogens (primary N) is 1. The molecule has 0 bridgehead atoms. The highest BCUT2D eigenvalue weighted by atomic mass is 32.2. The average molecular weight is 277 g/mol. The van der Waals surface area contributed by atoms with Gasteiger partial charge in [-0.15, -0.1) is 5.10 Å². The lowest BCUT2D eigenvalue weighted by Gasteiger charge is -2.07. The molecular weight excluding hydrogens is 262 g/mol. The van der Waals surface area contributed by atoms with E-state index in [2.05, 4.69) is 10.4 Å². The summed E-state index contributed by atoms with van der Waals surface area (Å²) >= 11 is 0. The second kappa shape index (κ2) is 5.31. The SMILES string of the molecule is Cn1nc(NCCCS(N)(=O)=O)c(=O)n(C)c1=O. The first-order valence-corrected chi connectivity index (χ1v) is 6.82. The number of sulfonamides is 1. The monoisotopic (exact) mass is 277 g/mol. The van der Waals surface area contributed by atoms with Crippen LogP contribution in [0.3, 0.4) is 0 Å². The zero-order valence-electron chi connectivity index (χ0n) is 10.1. The zero-order valence-corrected chi connectivity index (χ0v) is 10.9. The highest BCUT2D eigenvalue weighted by Gasteiger charge is 2.08. The Balaban J connectivity index is 2.76. The van der Waals surface area contributed by atoms with E-state index in [1.807, 2.05) is 0 Å². The van der Waals surface area contributed by atoms with E-state index in [4.69, 9.17) is 5.14 Å². The molecule has 9 nitrogen and oxygen atoms in total. The van der Waals surface area contributed by atoms with E-state index in [1.165, 1.54) is 14.1 Å². The summed E-state index contributed by atoms with van der Waals surface area (Å²) in [6, 6.07) is 0. The van der Waals surface area contributed by atoms with Gasteiger partial charge in [-0.25, -0.2) is 23.0 Å². The Kier molecular flexibility index (Phi) is 4.24. The van der Waals surface area contributed by atoms with Gasteiger partial charge in [0, 0.05) is 20.6 Å². The second-order valence-corrected chi connectivity index (χ2v) is 5.50.